The number of hydrogen-bond acceptors (Lipinski definition) is 5. The van der Waals surface area contributed by atoms with E-state index in [0.717, 1.165) is 0 Å². The topological polar surface area (TPSA) is 105 Å². The molecular weight excluding hydrogens is 274 g/mol. The lowest BCUT2D eigenvalue weighted by molar-refractivity contribution is 0.0660. The van der Waals surface area contributed by atoms with Crippen LogP contribution in [0.4, 0.5) is 0 Å². The number of amides is 1. The number of nitrogens with one attached hydrogen (secondary N) is 1. The van der Waals surface area contributed by atoms with Crippen molar-refractivity contribution in [2.24, 2.45) is 0 Å². The predicted molar refractivity (Wildman–Crippen MR) is 63.9 cm³/mol. The average molecular weight is 282 g/mol. The Bertz CT molecular complexity index is 609. The number of aromatic carboxylic acids is 1. The van der Waals surface area contributed by atoms with Crippen LogP contribution in [0.15, 0.2) is 28.9 Å². The van der Waals surface area contributed by atoms with Gasteiger partial charge >= 0.3 is 5.97 Å². The third-order valence-electron chi connectivity index (χ3n) is 2.15. The first-order chi connectivity index (χ1) is 9.06. The highest BCUT2D eigenvalue weighted by molar-refractivity contribution is 6.29. The number of rotatable bonds is 4. The molecule has 2 aromatic heterocycles. The molecule has 0 spiro atoms. The monoisotopic (exact) mass is 281 g/mol. The third-order valence-corrected chi connectivity index (χ3v) is 2.34. The van der Waals surface area contributed by atoms with Gasteiger partial charge in [0.2, 0.25) is 5.76 Å². The summed E-state index contributed by atoms with van der Waals surface area (Å²) in [4.78, 5) is 29.8. The second kappa shape index (κ2) is 5.49. The molecule has 0 radical (unpaired) electrons. The Morgan fingerprint density at radius 2 is 2.11 bits per heavy atom. The normalized spacial score (nSPS) is 10.2. The largest absolute Gasteiger partial charge is 0.475 e. The SMILES string of the molecule is O=C(NCc1ccc(C(=O)O)o1)c1cnc(Cl)cn1. The standard InChI is InChI=1S/C11H8ClN3O4/c12-9-5-13-7(4-14-9)10(16)15-3-6-1-2-8(19-6)11(17)18/h1-2,4-5H,3H2,(H,15,16)(H,17,18). The fraction of sp³-hybridized carbons (Fsp3) is 0.0909. The van der Waals surface area contributed by atoms with Gasteiger partial charge in [-0.3, -0.25) is 4.79 Å². The summed E-state index contributed by atoms with van der Waals surface area (Å²) in [6.07, 6.45) is 2.49. The van der Waals surface area contributed by atoms with E-state index in [9.17, 15) is 9.59 Å². The molecule has 0 saturated heterocycles. The molecule has 2 N–H and O–H groups in total. The van der Waals surface area contributed by atoms with Gasteiger partial charge in [0, 0.05) is 0 Å². The zero-order valence-electron chi connectivity index (χ0n) is 9.46. The molecule has 0 atom stereocenters. The summed E-state index contributed by atoms with van der Waals surface area (Å²) < 4.78 is 4.98. The molecule has 19 heavy (non-hydrogen) atoms. The molecule has 0 aromatic carbocycles. The molecule has 2 rings (SSSR count). The van der Waals surface area contributed by atoms with Crippen molar-refractivity contribution in [2.75, 3.05) is 0 Å². The summed E-state index contributed by atoms with van der Waals surface area (Å²) in [5.41, 5.74) is 0.106. The van der Waals surface area contributed by atoms with Crippen molar-refractivity contribution in [2.45, 2.75) is 6.54 Å². The van der Waals surface area contributed by atoms with E-state index in [4.69, 9.17) is 21.1 Å². The van der Waals surface area contributed by atoms with Gasteiger partial charge in [-0.1, -0.05) is 11.6 Å². The Morgan fingerprint density at radius 1 is 1.32 bits per heavy atom. The molecule has 8 heteroatoms. The fourth-order valence-corrected chi connectivity index (χ4v) is 1.37. The molecule has 0 saturated carbocycles. The molecule has 0 aliphatic carbocycles. The van der Waals surface area contributed by atoms with E-state index in [2.05, 4.69) is 15.3 Å². The maximum atomic E-state index is 11.7. The lowest BCUT2D eigenvalue weighted by Gasteiger charge is -2.01. The van der Waals surface area contributed by atoms with E-state index < -0.39 is 11.9 Å². The van der Waals surface area contributed by atoms with Gasteiger partial charge in [0.1, 0.15) is 16.6 Å². The summed E-state index contributed by atoms with van der Waals surface area (Å²) >= 11 is 5.55. The number of carboxylic acid groups (broad SMARTS) is 1. The molecule has 0 fully saturated rings. The van der Waals surface area contributed by atoms with Crippen molar-refractivity contribution >= 4 is 23.5 Å². The Hall–Kier alpha value is -2.41. The molecule has 0 unspecified atom stereocenters. The number of aromatic nitrogens is 2. The number of carbonyl (C=O) groups is 2. The van der Waals surface area contributed by atoms with Crippen LogP contribution < -0.4 is 5.32 Å². The average Bonchev–Trinajstić information content (AvgIpc) is 2.86. The highest BCUT2D eigenvalue weighted by atomic mass is 35.5. The van der Waals surface area contributed by atoms with Crippen molar-refractivity contribution in [3.8, 4) is 0 Å². The van der Waals surface area contributed by atoms with Crippen molar-refractivity contribution in [1.82, 2.24) is 15.3 Å². The maximum Gasteiger partial charge on any atom is 0.371 e. The van der Waals surface area contributed by atoms with E-state index in [1.807, 2.05) is 0 Å². The Labute approximate surface area is 112 Å². The maximum absolute atomic E-state index is 11.7. The van der Waals surface area contributed by atoms with Crippen LogP contribution in [0, 0.1) is 0 Å². The van der Waals surface area contributed by atoms with Gasteiger partial charge in [-0.2, -0.15) is 0 Å². The predicted octanol–water partition coefficient (Wildman–Crippen LogP) is 1.35. The summed E-state index contributed by atoms with van der Waals surface area (Å²) in [5, 5.41) is 11.4. The molecule has 0 aliphatic heterocycles. The first-order valence-electron chi connectivity index (χ1n) is 5.14. The van der Waals surface area contributed by atoms with Crippen LogP contribution in [0.3, 0.4) is 0 Å². The lowest BCUT2D eigenvalue weighted by atomic mass is 10.4. The zero-order chi connectivity index (χ0) is 13.8. The molecular formula is C11H8ClN3O4. The van der Waals surface area contributed by atoms with E-state index in [0.29, 0.717) is 5.76 Å². The summed E-state index contributed by atoms with van der Waals surface area (Å²) in [6.45, 7) is 0.0520. The van der Waals surface area contributed by atoms with Crippen molar-refractivity contribution in [3.63, 3.8) is 0 Å². The number of halogens is 1. The van der Waals surface area contributed by atoms with E-state index in [1.54, 1.807) is 0 Å². The fourth-order valence-electron chi connectivity index (χ4n) is 1.28. The molecule has 7 nitrogen and oxygen atoms in total. The van der Waals surface area contributed by atoms with Gasteiger partial charge in [0.05, 0.1) is 18.9 Å². The Balaban J connectivity index is 1.96. The molecule has 98 valence electrons. The summed E-state index contributed by atoms with van der Waals surface area (Å²) in [7, 11) is 0. The zero-order valence-corrected chi connectivity index (χ0v) is 10.2. The van der Waals surface area contributed by atoms with Crippen LogP contribution in [0.2, 0.25) is 5.15 Å². The smallest absolute Gasteiger partial charge is 0.371 e. The van der Waals surface area contributed by atoms with Crippen LogP contribution >= 0.6 is 11.6 Å². The summed E-state index contributed by atoms with van der Waals surface area (Å²) in [5.74, 6) is -1.48. The first kappa shape index (κ1) is 13.0. The van der Waals surface area contributed by atoms with Gasteiger partial charge < -0.3 is 14.8 Å². The first-order valence-corrected chi connectivity index (χ1v) is 5.52. The second-order valence-corrected chi connectivity index (χ2v) is 3.87. The molecule has 1 amide bonds. The Kier molecular flexibility index (Phi) is 3.76. The van der Waals surface area contributed by atoms with Crippen molar-refractivity contribution < 1.29 is 19.1 Å². The van der Waals surface area contributed by atoms with Crippen LogP contribution in [-0.4, -0.2) is 27.0 Å². The third kappa shape index (κ3) is 3.29. The number of carboxylic acids is 1. The number of furan rings is 1. The minimum atomic E-state index is -1.17. The van der Waals surface area contributed by atoms with Gasteiger partial charge in [-0.05, 0) is 12.1 Å². The van der Waals surface area contributed by atoms with E-state index >= 15 is 0 Å². The summed E-state index contributed by atoms with van der Waals surface area (Å²) in [6, 6.07) is 2.78. The molecule has 0 bridgehead atoms. The minimum Gasteiger partial charge on any atom is -0.475 e. The molecule has 2 aromatic rings. The van der Waals surface area contributed by atoms with Crippen molar-refractivity contribution in [1.29, 1.82) is 0 Å². The number of hydrogen-bond donors (Lipinski definition) is 2. The minimum absolute atomic E-state index is 0.0520. The highest BCUT2D eigenvalue weighted by Crippen LogP contribution is 2.08. The van der Waals surface area contributed by atoms with Gasteiger partial charge in [-0.15, -0.1) is 0 Å². The Morgan fingerprint density at radius 3 is 2.68 bits per heavy atom. The van der Waals surface area contributed by atoms with E-state index in [1.165, 1.54) is 24.5 Å². The van der Waals surface area contributed by atoms with Crippen LogP contribution in [0.1, 0.15) is 26.8 Å². The van der Waals surface area contributed by atoms with Gasteiger partial charge in [0.15, 0.2) is 0 Å². The van der Waals surface area contributed by atoms with Crippen LogP contribution in [0.5, 0.6) is 0 Å². The number of nitrogens with zero attached hydrogens (tertiary/aromatic N) is 2. The van der Waals surface area contributed by atoms with Crippen molar-refractivity contribution in [3.05, 3.63) is 46.9 Å². The van der Waals surface area contributed by atoms with Gasteiger partial charge in [-0.25, -0.2) is 14.8 Å². The van der Waals surface area contributed by atoms with E-state index in [-0.39, 0.29) is 23.2 Å². The number of carbonyl (C=O) groups excluding carboxylic acids is 1. The second-order valence-electron chi connectivity index (χ2n) is 3.48. The molecule has 2 heterocycles. The molecule has 0 aliphatic rings. The van der Waals surface area contributed by atoms with Crippen LogP contribution in [-0.2, 0) is 6.54 Å². The lowest BCUT2D eigenvalue weighted by Crippen LogP contribution is -2.23. The quantitative estimate of drug-likeness (QED) is 0.876. The highest BCUT2D eigenvalue weighted by Gasteiger charge is 2.11. The van der Waals surface area contributed by atoms with Crippen LogP contribution in [0.25, 0.3) is 0 Å². The van der Waals surface area contributed by atoms with Gasteiger partial charge in [0.25, 0.3) is 5.91 Å².